The third kappa shape index (κ3) is 35.6. The van der Waals surface area contributed by atoms with Crippen molar-refractivity contribution in [3.05, 3.63) is 48.6 Å². The molecule has 4 unspecified atom stereocenters. The van der Waals surface area contributed by atoms with E-state index in [9.17, 15) is 19.0 Å². The van der Waals surface area contributed by atoms with E-state index in [1.54, 1.807) is 0 Å². The van der Waals surface area contributed by atoms with E-state index < -0.39 is 32.5 Å². The van der Waals surface area contributed by atoms with Gasteiger partial charge in [0.15, 0.2) is 6.10 Å². The number of carbonyl (C=O) groups excluding carboxylic acids is 2. The lowest BCUT2D eigenvalue weighted by molar-refractivity contribution is -0.870. The van der Waals surface area contributed by atoms with Gasteiger partial charge in [0.25, 0.3) is 7.82 Å². The minimum atomic E-state index is -4.65. The summed E-state index contributed by atoms with van der Waals surface area (Å²) >= 11 is 0. The van der Waals surface area contributed by atoms with E-state index in [-0.39, 0.29) is 38.3 Å². The first-order valence-electron chi connectivity index (χ1n) is 22.5. The quantitative estimate of drug-likeness (QED) is 0.0149. The van der Waals surface area contributed by atoms with Gasteiger partial charge in [0.2, 0.25) is 0 Å². The van der Waals surface area contributed by atoms with Gasteiger partial charge < -0.3 is 32.6 Å². The van der Waals surface area contributed by atoms with Crippen molar-refractivity contribution in [3.63, 3.8) is 0 Å². The van der Waals surface area contributed by atoms with Gasteiger partial charge in [-0.3, -0.25) is 14.2 Å². The molecule has 57 heavy (non-hydrogen) atoms. The highest BCUT2D eigenvalue weighted by Crippen LogP contribution is 2.38. The lowest BCUT2D eigenvalue weighted by Gasteiger charge is -2.28. The van der Waals surface area contributed by atoms with Crippen LogP contribution in [0.1, 0.15) is 168 Å². The fourth-order valence-electron chi connectivity index (χ4n) is 6.14. The molecule has 0 aromatic carbocycles. The maximum absolute atomic E-state index is 12.7. The summed E-state index contributed by atoms with van der Waals surface area (Å²) in [6, 6.07) is 0. The Morgan fingerprint density at radius 2 is 1.16 bits per heavy atom. The molecule has 0 amide bonds. The number of carbonyl (C=O) groups is 2. The Kier molecular flexibility index (Phi) is 32.3. The van der Waals surface area contributed by atoms with Crippen LogP contribution in [0.5, 0.6) is 0 Å². The molecule has 4 atom stereocenters. The van der Waals surface area contributed by atoms with Gasteiger partial charge in [-0.2, -0.15) is 0 Å². The van der Waals surface area contributed by atoms with Crippen molar-refractivity contribution < 1.29 is 46.8 Å². The predicted molar refractivity (Wildman–Crippen MR) is 231 cm³/mol. The average molecular weight is 824 g/mol. The highest BCUT2D eigenvalue weighted by molar-refractivity contribution is 7.45. The zero-order valence-electron chi connectivity index (χ0n) is 36.7. The summed E-state index contributed by atoms with van der Waals surface area (Å²) in [6.45, 7) is 4.03. The monoisotopic (exact) mass is 824 g/mol. The number of nitrogens with zero attached hydrogens (tertiary/aromatic N) is 1. The highest BCUT2D eigenvalue weighted by Gasteiger charge is 2.36. The first-order valence-corrected chi connectivity index (χ1v) is 23.9. The Hall–Kier alpha value is -2.07. The Bertz CT molecular complexity index is 1180. The Labute approximate surface area is 348 Å². The van der Waals surface area contributed by atoms with E-state index in [1.807, 2.05) is 27.2 Å². The van der Waals surface area contributed by atoms with Gasteiger partial charge >= 0.3 is 11.9 Å². The van der Waals surface area contributed by atoms with E-state index in [0.717, 1.165) is 51.4 Å². The first-order chi connectivity index (χ1) is 27.5. The summed E-state index contributed by atoms with van der Waals surface area (Å²) in [6.07, 6.45) is 41.7. The molecule has 10 nitrogen and oxygen atoms in total. The number of rotatable bonds is 39. The van der Waals surface area contributed by atoms with Crippen molar-refractivity contribution in [1.29, 1.82) is 0 Å². The number of phosphoric acid groups is 1. The SMILES string of the molecule is CC/C=C\C/C=C\C/C=C\CC1OC1C/C=C\CCCC(=O)OC(COC(=O)CCCCCCCCCCCCCCCCC)COP(=O)([O-])OCC[N+](C)(C)C. The Morgan fingerprint density at radius 3 is 1.72 bits per heavy atom. The highest BCUT2D eigenvalue weighted by atomic mass is 31.2. The molecule has 11 heteroatoms. The molecule has 1 saturated heterocycles. The molecule has 0 saturated carbocycles. The first kappa shape index (κ1) is 52.9. The topological polar surface area (TPSA) is 124 Å². The standard InChI is InChI=1S/C46H82NO9P/c1-6-8-10-12-14-16-17-18-19-20-21-23-25-27-32-36-45(48)52-40-42(41-54-57(50,51)53-39-38-47(3,4)5)55-46(49)37-33-29-28-31-35-44-43(56-44)34-30-26-24-22-15-13-11-9-7-2/h9,11,15,22,26,28,30-31,42-44H,6-8,10,12-14,16-21,23-25,27,29,32-41H2,1-5H3/b11-9-,22-15-,30-26-,31-28-. The van der Waals surface area contributed by atoms with Crippen LogP contribution < -0.4 is 4.89 Å². The molecule has 1 aliphatic rings. The van der Waals surface area contributed by atoms with Gasteiger partial charge in [-0.25, -0.2) is 0 Å². The number of esters is 2. The molecule has 1 aliphatic heterocycles. The number of quaternary nitrogens is 1. The second-order valence-corrected chi connectivity index (χ2v) is 17.8. The number of ether oxygens (including phenoxy) is 3. The van der Waals surface area contributed by atoms with E-state index >= 15 is 0 Å². The number of unbranched alkanes of at least 4 members (excludes halogenated alkanes) is 15. The summed E-state index contributed by atoms with van der Waals surface area (Å²) in [7, 11) is 1.12. The summed E-state index contributed by atoms with van der Waals surface area (Å²) in [5.41, 5.74) is 0. The van der Waals surface area contributed by atoms with E-state index in [4.69, 9.17) is 23.3 Å². The molecule has 0 spiro atoms. The third-order valence-electron chi connectivity index (χ3n) is 9.77. The van der Waals surface area contributed by atoms with E-state index in [2.05, 4.69) is 56.4 Å². The maximum Gasteiger partial charge on any atom is 0.306 e. The number of hydrogen-bond acceptors (Lipinski definition) is 9. The van der Waals surface area contributed by atoms with E-state index in [1.165, 1.54) is 77.0 Å². The van der Waals surface area contributed by atoms with Crippen LogP contribution in [0.2, 0.25) is 0 Å². The normalized spacial score (nSPS) is 17.6. The fraction of sp³-hybridized carbons (Fsp3) is 0.783. The van der Waals surface area contributed by atoms with Gasteiger partial charge in [-0.1, -0.05) is 152 Å². The zero-order valence-corrected chi connectivity index (χ0v) is 37.6. The minimum Gasteiger partial charge on any atom is -0.756 e. The van der Waals surface area contributed by atoms with Crippen LogP contribution in [0.3, 0.4) is 0 Å². The fourth-order valence-corrected chi connectivity index (χ4v) is 6.87. The van der Waals surface area contributed by atoms with Crippen LogP contribution in [-0.2, 0) is 37.4 Å². The molecule has 330 valence electrons. The van der Waals surface area contributed by atoms with Gasteiger partial charge in [-0.05, 0) is 51.4 Å². The molecule has 0 aromatic heterocycles. The summed E-state index contributed by atoms with van der Waals surface area (Å²) in [5, 5.41) is 0. The van der Waals surface area contributed by atoms with Crippen LogP contribution >= 0.6 is 7.82 Å². The molecular weight excluding hydrogens is 741 g/mol. The van der Waals surface area contributed by atoms with Gasteiger partial charge in [0.1, 0.15) is 19.8 Å². The summed E-state index contributed by atoms with van der Waals surface area (Å²) in [5.74, 6) is -0.909. The molecule has 0 aromatic rings. The summed E-state index contributed by atoms with van der Waals surface area (Å²) < 4.78 is 39.6. The van der Waals surface area contributed by atoms with Crippen molar-refractivity contribution in [2.45, 2.75) is 186 Å². The molecule has 0 aliphatic carbocycles. The smallest absolute Gasteiger partial charge is 0.306 e. The second kappa shape index (κ2) is 34.8. The van der Waals surface area contributed by atoms with Crippen molar-refractivity contribution in [1.82, 2.24) is 0 Å². The average Bonchev–Trinajstić information content (AvgIpc) is 3.92. The lowest BCUT2D eigenvalue weighted by Crippen LogP contribution is -2.37. The Morgan fingerprint density at radius 1 is 0.649 bits per heavy atom. The Balaban J connectivity index is 2.32. The second-order valence-electron chi connectivity index (χ2n) is 16.4. The molecular formula is C46H82NO9P. The third-order valence-corrected chi connectivity index (χ3v) is 10.7. The van der Waals surface area contributed by atoms with Crippen molar-refractivity contribution in [2.24, 2.45) is 0 Å². The van der Waals surface area contributed by atoms with Gasteiger partial charge in [0, 0.05) is 12.8 Å². The van der Waals surface area contributed by atoms with Crippen molar-refractivity contribution in [3.8, 4) is 0 Å². The van der Waals surface area contributed by atoms with Crippen molar-refractivity contribution in [2.75, 3.05) is 47.5 Å². The number of epoxide rings is 1. The molecule has 1 fully saturated rings. The number of allylic oxidation sites excluding steroid dienone is 6. The molecule has 0 bridgehead atoms. The molecule has 1 heterocycles. The van der Waals surface area contributed by atoms with Crippen LogP contribution in [0, 0.1) is 0 Å². The van der Waals surface area contributed by atoms with Crippen LogP contribution in [0.15, 0.2) is 48.6 Å². The largest absolute Gasteiger partial charge is 0.756 e. The minimum absolute atomic E-state index is 0.0451. The van der Waals surface area contributed by atoms with Gasteiger partial charge in [0.05, 0.1) is 40.0 Å². The molecule has 1 rings (SSSR count). The van der Waals surface area contributed by atoms with E-state index in [0.29, 0.717) is 23.9 Å². The predicted octanol–water partition coefficient (Wildman–Crippen LogP) is 11.0. The summed E-state index contributed by atoms with van der Waals surface area (Å²) in [4.78, 5) is 37.6. The van der Waals surface area contributed by atoms with Gasteiger partial charge in [-0.15, -0.1) is 0 Å². The van der Waals surface area contributed by atoms with Crippen molar-refractivity contribution >= 4 is 19.8 Å². The van der Waals surface area contributed by atoms with Crippen LogP contribution in [0.25, 0.3) is 0 Å². The van der Waals surface area contributed by atoms with Crippen LogP contribution in [0.4, 0.5) is 0 Å². The lowest BCUT2D eigenvalue weighted by atomic mass is 10.0. The molecule has 0 radical (unpaired) electrons. The number of hydrogen-bond donors (Lipinski definition) is 0. The molecule has 0 N–H and O–H groups in total. The number of likely N-dealkylation sites (N-methyl/N-ethyl adjacent to an activating group) is 1. The zero-order chi connectivity index (χ0) is 41.9. The number of phosphoric ester groups is 1. The van der Waals surface area contributed by atoms with Crippen LogP contribution in [-0.4, -0.2) is 82.2 Å². The maximum atomic E-state index is 12.7.